The van der Waals surface area contributed by atoms with Crippen molar-refractivity contribution >= 4 is 29.1 Å². The highest BCUT2D eigenvalue weighted by Crippen LogP contribution is 2.28. The Balaban J connectivity index is 1.90. The fourth-order valence-electron chi connectivity index (χ4n) is 1.76. The van der Waals surface area contributed by atoms with Gasteiger partial charge in [-0.25, -0.2) is 9.78 Å². The van der Waals surface area contributed by atoms with Crippen LogP contribution in [0.15, 0.2) is 4.34 Å². The minimum Gasteiger partial charge on any atom is -0.477 e. The third-order valence-electron chi connectivity index (χ3n) is 2.71. The SMILES string of the molecule is Cc1nc(SCC2CN(C)CCO2)sc1C(=O)O. The molecule has 7 heteroatoms. The molecule has 5 nitrogen and oxygen atoms in total. The van der Waals surface area contributed by atoms with E-state index in [0.29, 0.717) is 10.6 Å². The zero-order chi connectivity index (χ0) is 13.1. The first-order valence-corrected chi connectivity index (χ1v) is 7.50. The van der Waals surface area contributed by atoms with E-state index in [0.717, 1.165) is 29.8 Å². The predicted molar refractivity (Wildman–Crippen MR) is 71.8 cm³/mol. The van der Waals surface area contributed by atoms with Crippen molar-refractivity contribution in [1.29, 1.82) is 0 Å². The van der Waals surface area contributed by atoms with Gasteiger partial charge in [0.05, 0.1) is 18.4 Å². The van der Waals surface area contributed by atoms with Crippen molar-refractivity contribution < 1.29 is 14.6 Å². The lowest BCUT2D eigenvalue weighted by molar-refractivity contribution is -0.00598. The van der Waals surface area contributed by atoms with Gasteiger partial charge in [-0.05, 0) is 14.0 Å². The number of ether oxygens (including phenoxy) is 1. The van der Waals surface area contributed by atoms with Crippen molar-refractivity contribution in [1.82, 2.24) is 9.88 Å². The number of likely N-dealkylation sites (N-methyl/N-ethyl adjacent to an activating group) is 1. The summed E-state index contributed by atoms with van der Waals surface area (Å²) in [4.78, 5) is 17.8. The number of carbonyl (C=O) groups is 1. The average molecular weight is 288 g/mol. The molecule has 1 aliphatic heterocycles. The third-order valence-corrected chi connectivity index (χ3v) is 5.13. The number of morpholine rings is 1. The molecule has 18 heavy (non-hydrogen) atoms. The first-order valence-electron chi connectivity index (χ1n) is 5.70. The van der Waals surface area contributed by atoms with Crippen LogP contribution in [0.4, 0.5) is 0 Å². The van der Waals surface area contributed by atoms with Gasteiger partial charge in [0.15, 0.2) is 4.34 Å². The summed E-state index contributed by atoms with van der Waals surface area (Å²) in [5.74, 6) is -0.0819. The summed E-state index contributed by atoms with van der Waals surface area (Å²) >= 11 is 2.81. The topological polar surface area (TPSA) is 62.7 Å². The van der Waals surface area contributed by atoms with Gasteiger partial charge in [-0.1, -0.05) is 11.8 Å². The van der Waals surface area contributed by atoms with Crippen molar-refractivity contribution in [2.45, 2.75) is 17.4 Å². The van der Waals surface area contributed by atoms with Gasteiger partial charge in [0.25, 0.3) is 0 Å². The molecule has 1 saturated heterocycles. The summed E-state index contributed by atoms with van der Waals surface area (Å²) in [6.45, 7) is 4.39. The second-order valence-electron chi connectivity index (χ2n) is 4.27. The van der Waals surface area contributed by atoms with Gasteiger partial charge in [-0.3, -0.25) is 0 Å². The van der Waals surface area contributed by atoms with Gasteiger partial charge >= 0.3 is 5.97 Å². The first-order chi connectivity index (χ1) is 8.56. The molecule has 2 heterocycles. The molecule has 1 unspecified atom stereocenters. The van der Waals surface area contributed by atoms with Gasteiger partial charge < -0.3 is 14.7 Å². The number of thiazole rings is 1. The number of carboxylic acids is 1. The molecule has 1 atom stereocenters. The highest BCUT2D eigenvalue weighted by Gasteiger charge is 2.20. The van der Waals surface area contributed by atoms with Crippen molar-refractivity contribution in [3.8, 4) is 0 Å². The van der Waals surface area contributed by atoms with Crippen LogP contribution in [0.3, 0.4) is 0 Å². The number of rotatable bonds is 4. The number of hydrogen-bond acceptors (Lipinski definition) is 6. The van der Waals surface area contributed by atoms with Crippen LogP contribution in [0.2, 0.25) is 0 Å². The number of carboxylic acid groups (broad SMARTS) is 1. The smallest absolute Gasteiger partial charge is 0.347 e. The van der Waals surface area contributed by atoms with Gasteiger partial charge in [0, 0.05) is 18.8 Å². The molecule has 1 N–H and O–H groups in total. The Labute approximate surface area is 114 Å². The summed E-state index contributed by atoms with van der Waals surface area (Å²) in [5.41, 5.74) is 0.594. The molecule has 1 fully saturated rings. The highest BCUT2D eigenvalue weighted by molar-refractivity contribution is 8.01. The lowest BCUT2D eigenvalue weighted by Crippen LogP contribution is -2.41. The Bertz CT molecular complexity index is 436. The van der Waals surface area contributed by atoms with Crippen LogP contribution in [-0.2, 0) is 4.74 Å². The van der Waals surface area contributed by atoms with E-state index in [1.54, 1.807) is 18.7 Å². The molecule has 0 radical (unpaired) electrons. The molecule has 0 aliphatic carbocycles. The Kier molecular flexibility index (Phi) is 4.60. The van der Waals surface area contributed by atoms with Crippen LogP contribution in [-0.4, -0.2) is 59.6 Å². The van der Waals surface area contributed by atoms with Gasteiger partial charge in [0.2, 0.25) is 0 Å². The van der Waals surface area contributed by atoms with E-state index in [9.17, 15) is 4.79 Å². The lowest BCUT2D eigenvalue weighted by atomic mass is 10.3. The van der Waals surface area contributed by atoms with E-state index in [-0.39, 0.29) is 6.10 Å². The first kappa shape index (κ1) is 13.8. The number of nitrogens with zero attached hydrogens (tertiary/aromatic N) is 2. The van der Waals surface area contributed by atoms with Crippen molar-refractivity contribution in [3.63, 3.8) is 0 Å². The van der Waals surface area contributed by atoms with E-state index >= 15 is 0 Å². The summed E-state index contributed by atoms with van der Waals surface area (Å²) in [7, 11) is 2.08. The fourth-order valence-corrected chi connectivity index (χ4v) is 3.82. The summed E-state index contributed by atoms with van der Waals surface area (Å²) < 4.78 is 6.46. The minimum absolute atomic E-state index is 0.200. The molecule has 1 aromatic heterocycles. The summed E-state index contributed by atoms with van der Waals surface area (Å²) in [6, 6.07) is 0. The molecule has 0 saturated carbocycles. The number of thioether (sulfide) groups is 1. The quantitative estimate of drug-likeness (QED) is 0.849. The third kappa shape index (κ3) is 3.44. The second-order valence-corrected chi connectivity index (χ2v) is 6.53. The molecule has 100 valence electrons. The molecule has 2 rings (SSSR count). The van der Waals surface area contributed by atoms with E-state index in [2.05, 4.69) is 16.9 Å². The van der Waals surface area contributed by atoms with Crippen LogP contribution in [0, 0.1) is 6.92 Å². The Morgan fingerprint density at radius 2 is 2.50 bits per heavy atom. The standard InChI is InChI=1S/C11H16N2O3S2/c1-7-9(10(14)15)18-11(12-7)17-6-8-5-13(2)3-4-16-8/h8H,3-6H2,1-2H3,(H,14,15). The van der Waals surface area contributed by atoms with E-state index < -0.39 is 5.97 Å². The van der Waals surface area contributed by atoms with Crippen molar-refractivity contribution in [2.24, 2.45) is 0 Å². The number of aryl methyl sites for hydroxylation is 1. The monoisotopic (exact) mass is 288 g/mol. The molecule has 0 spiro atoms. The lowest BCUT2D eigenvalue weighted by Gasteiger charge is -2.29. The number of aromatic carboxylic acids is 1. The van der Waals surface area contributed by atoms with Crippen LogP contribution < -0.4 is 0 Å². The molecular formula is C11H16N2O3S2. The Morgan fingerprint density at radius 3 is 3.11 bits per heavy atom. The maximum Gasteiger partial charge on any atom is 0.347 e. The second kappa shape index (κ2) is 6.01. The molecule has 0 bridgehead atoms. The molecular weight excluding hydrogens is 272 g/mol. The highest BCUT2D eigenvalue weighted by atomic mass is 32.2. The Morgan fingerprint density at radius 1 is 1.72 bits per heavy atom. The summed E-state index contributed by atoms with van der Waals surface area (Å²) in [6.07, 6.45) is 0.200. The fraction of sp³-hybridized carbons (Fsp3) is 0.636. The molecule has 1 aromatic rings. The van der Waals surface area contributed by atoms with Crippen LogP contribution in [0.25, 0.3) is 0 Å². The van der Waals surface area contributed by atoms with Crippen LogP contribution in [0.1, 0.15) is 15.4 Å². The normalized spacial score (nSPS) is 21.1. The zero-order valence-electron chi connectivity index (χ0n) is 10.4. The summed E-state index contributed by atoms with van der Waals surface area (Å²) in [5, 5.41) is 8.96. The molecule has 0 aromatic carbocycles. The van der Waals surface area contributed by atoms with Gasteiger partial charge in [-0.2, -0.15) is 0 Å². The maximum atomic E-state index is 10.9. The largest absolute Gasteiger partial charge is 0.477 e. The Hall–Kier alpha value is -0.630. The van der Waals surface area contributed by atoms with Gasteiger partial charge in [0.1, 0.15) is 4.88 Å². The van der Waals surface area contributed by atoms with E-state index in [1.807, 2.05) is 0 Å². The predicted octanol–water partition coefficient (Wildman–Crippen LogP) is 1.57. The van der Waals surface area contributed by atoms with Crippen molar-refractivity contribution in [2.75, 3.05) is 32.5 Å². The average Bonchev–Trinajstić information content (AvgIpc) is 2.68. The zero-order valence-corrected chi connectivity index (χ0v) is 12.0. The minimum atomic E-state index is -0.898. The van der Waals surface area contributed by atoms with Crippen molar-refractivity contribution in [3.05, 3.63) is 10.6 Å². The van der Waals surface area contributed by atoms with Gasteiger partial charge in [-0.15, -0.1) is 11.3 Å². The molecule has 0 amide bonds. The van der Waals surface area contributed by atoms with Crippen LogP contribution >= 0.6 is 23.1 Å². The molecule has 1 aliphatic rings. The van der Waals surface area contributed by atoms with E-state index in [1.165, 1.54) is 11.3 Å². The number of aromatic nitrogens is 1. The van der Waals surface area contributed by atoms with Crippen LogP contribution in [0.5, 0.6) is 0 Å². The number of hydrogen-bond donors (Lipinski definition) is 1. The maximum absolute atomic E-state index is 10.9. The van der Waals surface area contributed by atoms with E-state index in [4.69, 9.17) is 9.84 Å².